The number of thioether (sulfide) groups is 1. The number of hydrogen-bond donors (Lipinski definition) is 2. The van der Waals surface area contributed by atoms with Gasteiger partial charge < -0.3 is 10.4 Å². The summed E-state index contributed by atoms with van der Waals surface area (Å²) in [6.07, 6.45) is 2.13. The Bertz CT molecular complexity index is 198. The lowest BCUT2D eigenvalue weighted by atomic mass is 9.79. The topological polar surface area (TPSA) is 32.3 Å². The Morgan fingerprint density at radius 2 is 2.13 bits per heavy atom. The highest BCUT2D eigenvalue weighted by atomic mass is 32.2. The summed E-state index contributed by atoms with van der Waals surface area (Å²) in [5, 5.41) is 14.3. The van der Waals surface area contributed by atoms with Crippen molar-refractivity contribution < 1.29 is 5.11 Å². The van der Waals surface area contributed by atoms with Gasteiger partial charge in [0.25, 0.3) is 0 Å². The van der Waals surface area contributed by atoms with Crippen molar-refractivity contribution in [2.24, 2.45) is 5.92 Å². The Morgan fingerprint density at radius 1 is 1.47 bits per heavy atom. The third-order valence-corrected chi connectivity index (χ3v) is 4.95. The van der Waals surface area contributed by atoms with Gasteiger partial charge in [-0.1, -0.05) is 20.8 Å². The Balaban J connectivity index is 2.31. The molecule has 1 aliphatic carbocycles. The summed E-state index contributed by atoms with van der Waals surface area (Å²) >= 11 is 1.90. The zero-order chi connectivity index (χ0) is 11.5. The van der Waals surface area contributed by atoms with Gasteiger partial charge in [0.2, 0.25) is 0 Å². The van der Waals surface area contributed by atoms with Gasteiger partial charge in [-0.2, -0.15) is 11.8 Å². The first-order valence-electron chi connectivity index (χ1n) is 6.07. The van der Waals surface area contributed by atoms with Crippen molar-refractivity contribution in [2.75, 3.05) is 12.3 Å². The zero-order valence-electron chi connectivity index (χ0n) is 10.4. The molecule has 0 bridgehead atoms. The first-order chi connectivity index (χ1) is 6.99. The summed E-state index contributed by atoms with van der Waals surface area (Å²) in [6, 6.07) is 0.488. The first kappa shape index (κ1) is 13.3. The van der Waals surface area contributed by atoms with Gasteiger partial charge in [-0.05, 0) is 31.4 Å². The lowest BCUT2D eigenvalue weighted by molar-refractivity contribution is -0.0258. The highest BCUT2D eigenvalue weighted by Gasteiger charge is 2.44. The van der Waals surface area contributed by atoms with E-state index in [9.17, 15) is 5.11 Å². The second-order valence-electron chi connectivity index (χ2n) is 5.00. The summed E-state index contributed by atoms with van der Waals surface area (Å²) in [5.41, 5.74) is -0.441. The molecule has 0 aromatic heterocycles. The van der Waals surface area contributed by atoms with E-state index in [0.29, 0.717) is 17.2 Å². The molecule has 0 heterocycles. The number of hydrogen-bond acceptors (Lipinski definition) is 3. The standard InChI is InChI=1S/C12H25NOS/c1-5-15-11-6-7-12(11,14)8-13-10(4)9(2)3/h9-11,13-14H,5-8H2,1-4H3. The highest BCUT2D eigenvalue weighted by molar-refractivity contribution is 8.00. The molecule has 0 amide bonds. The van der Waals surface area contributed by atoms with Crippen molar-refractivity contribution in [3.05, 3.63) is 0 Å². The van der Waals surface area contributed by atoms with E-state index < -0.39 is 5.60 Å². The average molecular weight is 231 g/mol. The molecule has 0 aliphatic heterocycles. The molecule has 3 unspecified atom stereocenters. The second kappa shape index (κ2) is 5.55. The van der Waals surface area contributed by atoms with Crippen LogP contribution in [0.4, 0.5) is 0 Å². The van der Waals surface area contributed by atoms with Gasteiger partial charge in [-0.3, -0.25) is 0 Å². The van der Waals surface area contributed by atoms with E-state index in [1.165, 1.54) is 6.42 Å². The fourth-order valence-electron chi connectivity index (χ4n) is 1.81. The van der Waals surface area contributed by atoms with Gasteiger partial charge in [0, 0.05) is 17.8 Å². The monoisotopic (exact) mass is 231 g/mol. The van der Waals surface area contributed by atoms with Crippen LogP contribution in [0, 0.1) is 5.92 Å². The summed E-state index contributed by atoms with van der Waals surface area (Å²) < 4.78 is 0. The van der Waals surface area contributed by atoms with E-state index in [0.717, 1.165) is 18.7 Å². The van der Waals surface area contributed by atoms with Crippen LogP contribution in [-0.2, 0) is 0 Å². The zero-order valence-corrected chi connectivity index (χ0v) is 11.2. The van der Waals surface area contributed by atoms with Crippen LogP contribution in [0.5, 0.6) is 0 Å². The van der Waals surface area contributed by atoms with E-state index in [2.05, 4.69) is 33.0 Å². The second-order valence-corrected chi connectivity index (χ2v) is 6.48. The van der Waals surface area contributed by atoms with E-state index in [1.807, 2.05) is 11.8 Å². The van der Waals surface area contributed by atoms with Gasteiger partial charge in [0.05, 0.1) is 5.60 Å². The van der Waals surface area contributed by atoms with E-state index in [-0.39, 0.29) is 0 Å². The Morgan fingerprint density at radius 3 is 2.53 bits per heavy atom. The minimum Gasteiger partial charge on any atom is -0.387 e. The van der Waals surface area contributed by atoms with Gasteiger partial charge in [-0.15, -0.1) is 0 Å². The van der Waals surface area contributed by atoms with Crippen LogP contribution < -0.4 is 5.32 Å². The fourth-order valence-corrected chi connectivity index (χ4v) is 3.01. The largest absolute Gasteiger partial charge is 0.387 e. The molecule has 1 saturated carbocycles. The first-order valence-corrected chi connectivity index (χ1v) is 7.12. The van der Waals surface area contributed by atoms with Crippen molar-refractivity contribution in [1.29, 1.82) is 0 Å². The minimum atomic E-state index is -0.441. The lowest BCUT2D eigenvalue weighted by Gasteiger charge is -2.45. The molecule has 3 heteroatoms. The molecule has 3 atom stereocenters. The Labute approximate surface area is 98.2 Å². The smallest absolute Gasteiger partial charge is 0.0889 e. The van der Waals surface area contributed by atoms with Crippen LogP contribution in [0.25, 0.3) is 0 Å². The summed E-state index contributed by atoms with van der Waals surface area (Å²) in [7, 11) is 0. The summed E-state index contributed by atoms with van der Waals surface area (Å²) in [6.45, 7) is 9.52. The van der Waals surface area contributed by atoms with Crippen molar-refractivity contribution in [3.63, 3.8) is 0 Å². The van der Waals surface area contributed by atoms with E-state index >= 15 is 0 Å². The Hall–Kier alpha value is 0.270. The molecule has 2 nitrogen and oxygen atoms in total. The van der Waals surface area contributed by atoms with Crippen LogP contribution in [0.1, 0.15) is 40.5 Å². The van der Waals surface area contributed by atoms with E-state index in [1.54, 1.807) is 0 Å². The maximum absolute atomic E-state index is 10.3. The maximum Gasteiger partial charge on any atom is 0.0889 e. The molecular formula is C12H25NOS. The highest BCUT2D eigenvalue weighted by Crippen LogP contribution is 2.40. The Kier molecular flexibility index (Phi) is 4.94. The van der Waals surface area contributed by atoms with Gasteiger partial charge in [0.1, 0.15) is 0 Å². The summed E-state index contributed by atoms with van der Waals surface area (Å²) in [5.74, 6) is 1.73. The molecule has 90 valence electrons. The molecule has 1 fully saturated rings. The number of nitrogens with one attached hydrogen (secondary N) is 1. The third-order valence-electron chi connectivity index (χ3n) is 3.54. The normalized spacial score (nSPS) is 32.8. The molecule has 1 aliphatic rings. The molecule has 2 N–H and O–H groups in total. The average Bonchev–Trinajstić information content (AvgIpc) is 2.20. The molecule has 0 aromatic carbocycles. The van der Waals surface area contributed by atoms with Crippen LogP contribution in [0.2, 0.25) is 0 Å². The van der Waals surface area contributed by atoms with Crippen LogP contribution in [0.3, 0.4) is 0 Å². The van der Waals surface area contributed by atoms with Gasteiger partial charge in [0.15, 0.2) is 0 Å². The minimum absolute atomic E-state index is 0.441. The molecule has 0 saturated heterocycles. The lowest BCUT2D eigenvalue weighted by Crippen LogP contribution is -2.57. The molecule has 15 heavy (non-hydrogen) atoms. The SMILES string of the molecule is CCSC1CCC1(O)CNC(C)C(C)C. The van der Waals surface area contributed by atoms with Gasteiger partial charge in [-0.25, -0.2) is 0 Å². The van der Waals surface area contributed by atoms with Gasteiger partial charge >= 0.3 is 0 Å². The fraction of sp³-hybridized carbons (Fsp3) is 1.00. The molecule has 0 spiro atoms. The van der Waals surface area contributed by atoms with Crippen molar-refractivity contribution >= 4 is 11.8 Å². The predicted molar refractivity (Wildman–Crippen MR) is 68.4 cm³/mol. The molecule has 1 rings (SSSR count). The van der Waals surface area contributed by atoms with Crippen LogP contribution >= 0.6 is 11.8 Å². The van der Waals surface area contributed by atoms with Crippen molar-refractivity contribution in [1.82, 2.24) is 5.32 Å². The molecular weight excluding hydrogens is 206 g/mol. The predicted octanol–water partition coefficient (Wildman–Crippen LogP) is 2.27. The van der Waals surface area contributed by atoms with Crippen molar-refractivity contribution in [3.8, 4) is 0 Å². The third kappa shape index (κ3) is 3.36. The summed E-state index contributed by atoms with van der Waals surface area (Å²) in [4.78, 5) is 0. The van der Waals surface area contributed by atoms with Crippen molar-refractivity contribution in [2.45, 2.75) is 57.4 Å². The number of rotatable bonds is 6. The number of aliphatic hydroxyl groups is 1. The molecule has 0 aromatic rings. The van der Waals surface area contributed by atoms with Crippen LogP contribution in [-0.4, -0.2) is 34.3 Å². The van der Waals surface area contributed by atoms with E-state index in [4.69, 9.17) is 0 Å². The quantitative estimate of drug-likeness (QED) is 0.735. The van der Waals surface area contributed by atoms with Crippen LogP contribution in [0.15, 0.2) is 0 Å². The molecule has 0 radical (unpaired) electrons. The maximum atomic E-state index is 10.3.